The van der Waals surface area contributed by atoms with Crippen LogP contribution in [0.4, 0.5) is 0 Å². The molecule has 1 nitrogen and oxygen atoms in total. The summed E-state index contributed by atoms with van der Waals surface area (Å²) in [6.07, 6.45) is 4.16. The fraction of sp³-hybridized carbons (Fsp3) is 0.765. The van der Waals surface area contributed by atoms with Gasteiger partial charge in [-0.05, 0) is 77.9 Å². The first-order valence-electron chi connectivity index (χ1n) is 7.75. The zero-order valence-corrected chi connectivity index (χ0v) is 13.7. The highest BCUT2D eigenvalue weighted by Crippen LogP contribution is 2.46. The first kappa shape index (κ1) is 15.1. The summed E-state index contributed by atoms with van der Waals surface area (Å²) in [7, 11) is 0. The van der Waals surface area contributed by atoms with E-state index in [2.05, 4.69) is 49.8 Å². The molecule has 0 amide bonds. The third-order valence-electron chi connectivity index (χ3n) is 4.85. The molecule has 0 spiro atoms. The normalized spacial score (nSPS) is 28.5. The summed E-state index contributed by atoms with van der Waals surface area (Å²) in [6.45, 7) is 11.7. The van der Waals surface area contributed by atoms with Crippen molar-refractivity contribution in [3.05, 3.63) is 22.4 Å². The maximum Gasteiger partial charge on any atom is -0.00148 e. The highest BCUT2D eigenvalue weighted by molar-refractivity contribution is 7.07. The van der Waals surface area contributed by atoms with Gasteiger partial charge >= 0.3 is 0 Å². The van der Waals surface area contributed by atoms with E-state index in [0.717, 1.165) is 24.3 Å². The summed E-state index contributed by atoms with van der Waals surface area (Å²) in [5, 5.41) is 8.17. The van der Waals surface area contributed by atoms with Crippen LogP contribution in [0.15, 0.2) is 16.8 Å². The Morgan fingerprint density at radius 1 is 1.32 bits per heavy atom. The number of nitrogens with one attached hydrogen (secondary N) is 1. The molecule has 2 rings (SSSR count). The van der Waals surface area contributed by atoms with Gasteiger partial charge in [0, 0.05) is 0 Å². The Balaban J connectivity index is 2.10. The minimum Gasteiger partial charge on any atom is -0.317 e. The van der Waals surface area contributed by atoms with Crippen molar-refractivity contribution in [2.24, 2.45) is 17.3 Å². The van der Waals surface area contributed by atoms with Crippen LogP contribution in [0, 0.1) is 17.3 Å². The third-order valence-corrected chi connectivity index (χ3v) is 5.55. The topological polar surface area (TPSA) is 12.0 Å². The van der Waals surface area contributed by atoms with E-state index >= 15 is 0 Å². The Labute approximate surface area is 122 Å². The van der Waals surface area contributed by atoms with Crippen LogP contribution in [0.2, 0.25) is 0 Å². The van der Waals surface area contributed by atoms with Gasteiger partial charge in [0.1, 0.15) is 0 Å². The molecule has 2 heteroatoms. The molecule has 1 aromatic heterocycles. The first-order chi connectivity index (χ1) is 9.02. The Kier molecular flexibility index (Phi) is 5.08. The molecule has 108 valence electrons. The predicted molar refractivity (Wildman–Crippen MR) is 85.9 cm³/mol. The van der Waals surface area contributed by atoms with Crippen molar-refractivity contribution in [3.8, 4) is 0 Å². The van der Waals surface area contributed by atoms with Gasteiger partial charge in [0.05, 0.1) is 0 Å². The Morgan fingerprint density at radius 2 is 2.11 bits per heavy atom. The second kappa shape index (κ2) is 6.41. The minimum atomic E-state index is 0.456. The number of hydrogen-bond acceptors (Lipinski definition) is 2. The molecule has 19 heavy (non-hydrogen) atoms. The summed E-state index contributed by atoms with van der Waals surface area (Å²) in [6, 6.07) is 2.35. The van der Waals surface area contributed by atoms with Crippen LogP contribution in [-0.4, -0.2) is 13.1 Å². The Bertz CT molecular complexity index is 363. The maximum atomic E-state index is 3.57. The number of rotatable bonds is 4. The molecule has 1 aromatic rings. The van der Waals surface area contributed by atoms with Gasteiger partial charge in [-0.3, -0.25) is 0 Å². The lowest BCUT2D eigenvalue weighted by atomic mass is 9.64. The van der Waals surface area contributed by atoms with E-state index in [1.54, 1.807) is 5.56 Å². The quantitative estimate of drug-likeness (QED) is 0.826. The Hall–Kier alpha value is -0.340. The summed E-state index contributed by atoms with van der Waals surface area (Å²) >= 11 is 1.85. The van der Waals surface area contributed by atoms with E-state index < -0.39 is 0 Å². The van der Waals surface area contributed by atoms with E-state index in [1.807, 2.05) is 11.3 Å². The zero-order chi connectivity index (χ0) is 13.9. The molecule has 0 radical (unpaired) electrons. The molecule has 1 aliphatic rings. The summed E-state index contributed by atoms with van der Waals surface area (Å²) < 4.78 is 0. The van der Waals surface area contributed by atoms with Gasteiger partial charge in [-0.2, -0.15) is 11.3 Å². The van der Waals surface area contributed by atoms with Crippen LogP contribution in [0.1, 0.15) is 58.4 Å². The fourth-order valence-electron chi connectivity index (χ4n) is 3.49. The molecule has 0 aliphatic heterocycles. The van der Waals surface area contributed by atoms with E-state index in [1.165, 1.54) is 25.8 Å². The van der Waals surface area contributed by atoms with E-state index in [-0.39, 0.29) is 0 Å². The summed E-state index contributed by atoms with van der Waals surface area (Å²) in [5.41, 5.74) is 2.04. The molecule has 0 aromatic carbocycles. The average molecular weight is 279 g/mol. The molecule has 0 saturated heterocycles. The van der Waals surface area contributed by atoms with Gasteiger partial charge in [0.25, 0.3) is 0 Å². The average Bonchev–Trinajstić information content (AvgIpc) is 2.88. The van der Waals surface area contributed by atoms with Crippen LogP contribution in [0.3, 0.4) is 0 Å². The van der Waals surface area contributed by atoms with E-state index in [9.17, 15) is 0 Å². The second-order valence-electron chi connectivity index (χ2n) is 7.11. The van der Waals surface area contributed by atoms with Crippen molar-refractivity contribution in [3.63, 3.8) is 0 Å². The number of hydrogen-bond donors (Lipinski definition) is 1. The van der Waals surface area contributed by atoms with Crippen molar-refractivity contribution in [1.82, 2.24) is 5.32 Å². The SMILES string of the molecule is CCNCC1CCC(C(C)(C)C)CC1c1ccsc1. The Morgan fingerprint density at radius 3 is 2.68 bits per heavy atom. The molecule has 0 bridgehead atoms. The van der Waals surface area contributed by atoms with Gasteiger partial charge in [-0.15, -0.1) is 0 Å². The predicted octanol–water partition coefficient (Wildman–Crippen LogP) is 4.90. The molecule has 1 heterocycles. The molecular weight excluding hydrogens is 250 g/mol. The largest absolute Gasteiger partial charge is 0.317 e. The second-order valence-corrected chi connectivity index (χ2v) is 7.89. The monoisotopic (exact) mass is 279 g/mol. The molecule has 1 N–H and O–H groups in total. The fourth-order valence-corrected chi connectivity index (χ4v) is 4.21. The highest BCUT2D eigenvalue weighted by atomic mass is 32.1. The lowest BCUT2D eigenvalue weighted by Crippen LogP contribution is -2.35. The highest BCUT2D eigenvalue weighted by Gasteiger charge is 2.36. The molecule has 3 atom stereocenters. The van der Waals surface area contributed by atoms with Crippen molar-refractivity contribution in [2.45, 2.75) is 52.9 Å². The van der Waals surface area contributed by atoms with Gasteiger partial charge < -0.3 is 5.32 Å². The van der Waals surface area contributed by atoms with Gasteiger partial charge in [-0.1, -0.05) is 27.7 Å². The van der Waals surface area contributed by atoms with Crippen molar-refractivity contribution in [2.75, 3.05) is 13.1 Å². The van der Waals surface area contributed by atoms with Crippen molar-refractivity contribution >= 4 is 11.3 Å². The minimum absolute atomic E-state index is 0.456. The van der Waals surface area contributed by atoms with Crippen LogP contribution >= 0.6 is 11.3 Å². The van der Waals surface area contributed by atoms with Crippen molar-refractivity contribution < 1.29 is 0 Å². The molecular formula is C17H29NS. The van der Waals surface area contributed by atoms with Gasteiger partial charge in [-0.25, -0.2) is 0 Å². The molecule has 1 saturated carbocycles. The van der Waals surface area contributed by atoms with Crippen LogP contribution in [-0.2, 0) is 0 Å². The maximum absolute atomic E-state index is 3.57. The van der Waals surface area contributed by atoms with E-state index in [4.69, 9.17) is 0 Å². The van der Waals surface area contributed by atoms with Crippen LogP contribution < -0.4 is 5.32 Å². The standard InChI is InChI=1S/C17H29NS/c1-5-18-11-13-6-7-15(17(2,3)4)10-16(13)14-8-9-19-12-14/h8-9,12-13,15-16,18H,5-7,10-11H2,1-4H3. The van der Waals surface area contributed by atoms with Gasteiger partial charge in [0.2, 0.25) is 0 Å². The lowest BCUT2D eigenvalue weighted by Gasteiger charge is -2.42. The third kappa shape index (κ3) is 3.82. The van der Waals surface area contributed by atoms with Crippen LogP contribution in [0.25, 0.3) is 0 Å². The summed E-state index contributed by atoms with van der Waals surface area (Å²) in [5.74, 6) is 2.46. The van der Waals surface area contributed by atoms with Crippen LogP contribution in [0.5, 0.6) is 0 Å². The smallest absolute Gasteiger partial charge is 0.00148 e. The zero-order valence-electron chi connectivity index (χ0n) is 12.9. The number of thiophene rings is 1. The van der Waals surface area contributed by atoms with E-state index in [0.29, 0.717) is 5.41 Å². The first-order valence-corrected chi connectivity index (χ1v) is 8.69. The summed E-state index contributed by atoms with van der Waals surface area (Å²) in [4.78, 5) is 0. The molecule has 1 aliphatic carbocycles. The van der Waals surface area contributed by atoms with Gasteiger partial charge in [0.15, 0.2) is 0 Å². The van der Waals surface area contributed by atoms with Crippen molar-refractivity contribution in [1.29, 1.82) is 0 Å². The lowest BCUT2D eigenvalue weighted by molar-refractivity contribution is 0.130. The molecule has 3 unspecified atom stereocenters. The molecule has 1 fully saturated rings.